The summed E-state index contributed by atoms with van der Waals surface area (Å²) >= 11 is 0. The number of carbonyl (C=O) groups is 1. The van der Waals surface area contributed by atoms with Gasteiger partial charge in [-0.1, -0.05) is 31.2 Å². The van der Waals surface area contributed by atoms with Crippen molar-refractivity contribution in [2.75, 3.05) is 19.6 Å². The molecule has 1 saturated heterocycles. The number of piperidine rings is 1. The van der Waals surface area contributed by atoms with Crippen LogP contribution in [0.3, 0.4) is 0 Å². The standard InChI is InChI=1S/C19H25N5O/c1-2-22-12-16-6-4-3-5-15(16)11-18(22)19(25)23-9-7-17(8-10-23)24-13-20-21-14-24/h3-6,13-14,17-18H,2,7-12H2,1H3. The van der Waals surface area contributed by atoms with Gasteiger partial charge in [-0.15, -0.1) is 10.2 Å². The van der Waals surface area contributed by atoms with Gasteiger partial charge in [-0.05, 0) is 36.9 Å². The lowest BCUT2D eigenvalue weighted by atomic mass is 9.92. The molecule has 0 aliphatic carbocycles. The number of fused-ring (bicyclic) bond motifs is 1. The second kappa shape index (κ2) is 6.96. The van der Waals surface area contributed by atoms with Crippen LogP contribution in [0.4, 0.5) is 0 Å². The second-order valence-corrected chi connectivity index (χ2v) is 7.02. The molecule has 25 heavy (non-hydrogen) atoms. The predicted molar refractivity (Wildman–Crippen MR) is 94.9 cm³/mol. The Morgan fingerprint density at radius 2 is 1.80 bits per heavy atom. The second-order valence-electron chi connectivity index (χ2n) is 7.02. The van der Waals surface area contributed by atoms with E-state index in [9.17, 15) is 4.79 Å². The lowest BCUT2D eigenvalue weighted by Crippen LogP contribution is -2.53. The van der Waals surface area contributed by atoms with E-state index in [2.05, 4.69) is 55.8 Å². The molecule has 3 heterocycles. The summed E-state index contributed by atoms with van der Waals surface area (Å²) < 4.78 is 2.07. The van der Waals surface area contributed by atoms with Crippen molar-refractivity contribution in [3.8, 4) is 0 Å². The topological polar surface area (TPSA) is 54.3 Å². The molecule has 132 valence electrons. The van der Waals surface area contributed by atoms with Crippen LogP contribution in [0.2, 0.25) is 0 Å². The summed E-state index contributed by atoms with van der Waals surface area (Å²) in [5.74, 6) is 0.290. The van der Waals surface area contributed by atoms with Crippen molar-refractivity contribution in [2.24, 2.45) is 0 Å². The van der Waals surface area contributed by atoms with Crippen LogP contribution in [0.15, 0.2) is 36.9 Å². The molecule has 0 N–H and O–H groups in total. The Bertz CT molecular complexity index is 721. The van der Waals surface area contributed by atoms with E-state index in [0.29, 0.717) is 11.9 Å². The average Bonchev–Trinajstić information content (AvgIpc) is 3.21. The number of benzene rings is 1. The molecule has 4 rings (SSSR count). The van der Waals surface area contributed by atoms with Crippen molar-refractivity contribution >= 4 is 5.91 Å². The molecule has 2 aromatic rings. The molecule has 2 aliphatic heterocycles. The van der Waals surface area contributed by atoms with Gasteiger partial charge in [0, 0.05) is 25.7 Å². The van der Waals surface area contributed by atoms with Crippen LogP contribution in [0.5, 0.6) is 0 Å². The first kappa shape index (κ1) is 16.3. The van der Waals surface area contributed by atoms with Gasteiger partial charge < -0.3 is 9.47 Å². The molecule has 0 radical (unpaired) electrons. The Hall–Kier alpha value is -2.21. The molecule has 0 bridgehead atoms. The molecule has 1 fully saturated rings. The highest BCUT2D eigenvalue weighted by molar-refractivity contribution is 5.82. The minimum absolute atomic E-state index is 0.0219. The molecule has 1 unspecified atom stereocenters. The summed E-state index contributed by atoms with van der Waals surface area (Å²) in [6.45, 7) is 5.56. The predicted octanol–water partition coefficient (Wildman–Crippen LogP) is 1.89. The van der Waals surface area contributed by atoms with E-state index >= 15 is 0 Å². The molecule has 0 saturated carbocycles. The first-order valence-electron chi connectivity index (χ1n) is 9.20. The minimum atomic E-state index is -0.0219. The molecular weight excluding hydrogens is 314 g/mol. The molecule has 6 heteroatoms. The fourth-order valence-electron chi connectivity index (χ4n) is 4.15. The van der Waals surface area contributed by atoms with Gasteiger partial charge in [-0.25, -0.2) is 0 Å². The third kappa shape index (κ3) is 3.18. The van der Waals surface area contributed by atoms with E-state index in [-0.39, 0.29) is 6.04 Å². The Labute approximate surface area is 148 Å². The molecule has 1 amide bonds. The van der Waals surface area contributed by atoms with Crippen molar-refractivity contribution < 1.29 is 4.79 Å². The average molecular weight is 339 g/mol. The zero-order chi connectivity index (χ0) is 17.2. The smallest absolute Gasteiger partial charge is 0.240 e. The summed E-state index contributed by atoms with van der Waals surface area (Å²) in [4.78, 5) is 17.6. The molecule has 6 nitrogen and oxygen atoms in total. The normalized spacial score (nSPS) is 22.0. The number of nitrogens with zero attached hydrogens (tertiary/aromatic N) is 5. The van der Waals surface area contributed by atoms with E-state index in [1.807, 2.05) is 0 Å². The monoisotopic (exact) mass is 339 g/mol. The van der Waals surface area contributed by atoms with Crippen LogP contribution in [-0.4, -0.2) is 56.1 Å². The number of likely N-dealkylation sites (N-methyl/N-ethyl adjacent to an activating group) is 1. The van der Waals surface area contributed by atoms with Gasteiger partial charge in [-0.3, -0.25) is 9.69 Å². The van der Waals surface area contributed by atoms with Crippen molar-refractivity contribution in [1.82, 2.24) is 24.6 Å². The number of hydrogen-bond donors (Lipinski definition) is 0. The molecule has 0 spiro atoms. The first-order valence-corrected chi connectivity index (χ1v) is 9.20. The van der Waals surface area contributed by atoms with E-state index in [1.54, 1.807) is 12.7 Å². The number of aromatic nitrogens is 3. The number of hydrogen-bond acceptors (Lipinski definition) is 4. The highest BCUT2D eigenvalue weighted by Crippen LogP contribution is 2.27. The number of likely N-dealkylation sites (tertiary alicyclic amines) is 1. The van der Waals surface area contributed by atoms with Crippen molar-refractivity contribution in [3.05, 3.63) is 48.0 Å². The molecular formula is C19H25N5O. The lowest BCUT2D eigenvalue weighted by Gasteiger charge is -2.40. The van der Waals surface area contributed by atoms with Crippen LogP contribution >= 0.6 is 0 Å². The first-order chi connectivity index (χ1) is 12.3. The third-order valence-corrected chi connectivity index (χ3v) is 5.67. The van der Waals surface area contributed by atoms with Gasteiger partial charge >= 0.3 is 0 Å². The maximum absolute atomic E-state index is 13.2. The zero-order valence-corrected chi connectivity index (χ0v) is 14.7. The van der Waals surface area contributed by atoms with Gasteiger partial charge in [0.2, 0.25) is 5.91 Å². The van der Waals surface area contributed by atoms with Crippen LogP contribution in [0, 0.1) is 0 Å². The Kier molecular flexibility index (Phi) is 4.53. The van der Waals surface area contributed by atoms with E-state index in [0.717, 1.165) is 45.4 Å². The van der Waals surface area contributed by atoms with Gasteiger partial charge in [0.25, 0.3) is 0 Å². The van der Waals surface area contributed by atoms with Crippen LogP contribution < -0.4 is 0 Å². The van der Waals surface area contributed by atoms with Gasteiger partial charge in [0.1, 0.15) is 12.7 Å². The SMILES string of the molecule is CCN1Cc2ccccc2CC1C(=O)N1CCC(n2cnnc2)CC1. The van der Waals surface area contributed by atoms with Gasteiger partial charge in [0.15, 0.2) is 0 Å². The fourth-order valence-corrected chi connectivity index (χ4v) is 4.15. The summed E-state index contributed by atoms with van der Waals surface area (Å²) in [5.41, 5.74) is 2.68. The summed E-state index contributed by atoms with van der Waals surface area (Å²) in [6, 6.07) is 8.90. The number of carbonyl (C=O) groups excluding carboxylic acids is 1. The van der Waals surface area contributed by atoms with Crippen molar-refractivity contribution in [1.29, 1.82) is 0 Å². The van der Waals surface area contributed by atoms with E-state index < -0.39 is 0 Å². The highest BCUT2D eigenvalue weighted by Gasteiger charge is 2.34. The van der Waals surface area contributed by atoms with Gasteiger partial charge in [0.05, 0.1) is 6.04 Å². The van der Waals surface area contributed by atoms with Crippen LogP contribution in [0.1, 0.15) is 36.9 Å². The van der Waals surface area contributed by atoms with Crippen molar-refractivity contribution in [2.45, 2.75) is 44.8 Å². The molecule has 1 aromatic carbocycles. The van der Waals surface area contributed by atoms with Crippen LogP contribution in [0.25, 0.3) is 0 Å². The zero-order valence-electron chi connectivity index (χ0n) is 14.7. The molecule has 1 atom stereocenters. The Balaban J connectivity index is 1.44. The lowest BCUT2D eigenvalue weighted by molar-refractivity contribution is -0.139. The fraction of sp³-hybridized carbons (Fsp3) is 0.526. The minimum Gasteiger partial charge on any atom is -0.341 e. The highest BCUT2D eigenvalue weighted by atomic mass is 16.2. The van der Waals surface area contributed by atoms with Crippen LogP contribution in [-0.2, 0) is 17.8 Å². The number of rotatable bonds is 3. The maximum atomic E-state index is 13.2. The summed E-state index contributed by atoms with van der Waals surface area (Å²) in [6.07, 6.45) is 6.32. The Morgan fingerprint density at radius 1 is 1.12 bits per heavy atom. The maximum Gasteiger partial charge on any atom is 0.240 e. The summed E-state index contributed by atoms with van der Waals surface area (Å²) in [7, 11) is 0. The Morgan fingerprint density at radius 3 is 2.48 bits per heavy atom. The summed E-state index contributed by atoms with van der Waals surface area (Å²) in [5, 5.41) is 7.79. The molecule has 2 aliphatic rings. The van der Waals surface area contributed by atoms with E-state index in [4.69, 9.17) is 0 Å². The molecule has 1 aromatic heterocycles. The number of amides is 1. The quantitative estimate of drug-likeness (QED) is 0.857. The third-order valence-electron chi connectivity index (χ3n) is 5.67. The largest absolute Gasteiger partial charge is 0.341 e. The van der Waals surface area contributed by atoms with Crippen molar-refractivity contribution in [3.63, 3.8) is 0 Å². The van der Waals surface area contributed by atoms with E-state index in [1.165, 1.54) is 11.1 Å². The van der Waals surface area contributed by atoms with Gasteiger partial charge in [-0.2, -0.15) is 0 Å².